The second-order valence-corrected chi connectivity index (χ2v) is 13.0. The number of ether oxygens (including phenoxy) is 1. The number of nitrogens with zero attached hydrogens (tertiary/aromatic N) is 5. The standard InChI is InChI=1S/C38H44N8O4/c1-2-39-36(49)33-31(47)32(48)37(50-33)46-24-41-30-34(40-22-29(26-14-8-4-9-15-26)27-16-10-5-11-17-27)43-38(44-35(30)46)42-28-18-20-45(21-19-28)23-25-12-6-3-7-13-25/h3-17,24,28-29,31-33,37,47-48H,2,18-23H2,1H3,(H,39,49)(H2,40,42,43,44)/t31-,32+,33-,37+/m0/s1. The van der Waals surface area contributed by atoms with Gasteiger partial charge >= 0.3 is 0 Å². The smallest absolute Gasteiger partial charge is 0.252 e. The summed E-state index contributed by atoms with van der Waals surface area (Å²) in [6.45, 7) is 5.48. The lowest BCUT2D eigenvalue weighted by molar-refractivity contribution is -0.137. The summed E-state index contributed by atoms with van der Waals surface area (Å²) in [5.41, 5.74) is 4.53. The van der Waals surface area contributed by atoms with Crippen molar-refractivity contribution in [3.05, 3.63) is 114 Å². The first kappa shape index (κ1) is 33.6. The largest absolute Gasteiger partial charge is 0.387 e. The van der Waals surface area contributed by atoms with E-state index < -0.39 is 30.4 Å². The molecule has 2 fully saturated rings. The van der Waals surface area contributed by atoms with Gasteiger partial charge in [0.15, 0.2) is 29.3 Å². The molecule has 12 heteroatoms. The molecular weight excluding hydrogens is 632 g/mol. The summed E-state index contributed by atoms with van der Waals surface area (Å²) in [5.74, 6) is 0.495. The molecule has 2 aliphatic heterocycles. The van der Waals surface area contributed by atoms with Crippen molar-refractivity contribution in [3.8, 4) is 0 Å². The number of likely N-dealkylation sites (tertiary alicyclic amines) is 1. The number of hydrogen-bond donors (Lipinski definition) is 5. The SMILES string of the molecule is CCNC(=O)[C@H]1O[C@@H](n2cnc3c(NCC(c4ccccc4)c4ccccc4)nc(NC4CCN(Cc5ccccc5)CC4)nc32)[C@H](O)[C@@H]1O. The highest BCUT2D eigenvalue weighted by atomic mass is 16.6. The minimum atomic E-state index is -1.42. The Morgan fingerprint density at radius 3 is 2.18 bits per heavy atom. The number of likely N-dealkylation sites (N-methyl/N-ethyl adjacent to an activating group) is 1. The first-order valence-corrected chi connectivity index (χ1v) is 17.4. The van der Waals surface area contributed by atoms with Crippen LogP contribution in [0.3, 0.4) is 0 Å². The van der Waals surface area contributed by atoms with Crippen LogP contribution in [0.4, 0.5) is 11.8 Å². The number of rotatable bonds is 12. The lowest BCUT2D eigenvalue weighted by atomic mass is 9.91. The molecule has 12 nitrogen and oxygen atoms in total. The van der Waals surface area contributed by atoms with Crippen LogP contribution >= 0.6 is 0 Å². The molecule has 2 aliphatic rings. The summed E-state index contributed by atoms with van der Waals surface area (Å²) in [6, 6.07) is 31.3. The van der Waals surface area contributed by atoms with Crippen molar-refractivity contribution in [3.63, 3.8) is 0 Å². The minimum absolute atomic E-state index is 0.0304. The number of benzene rings is 3. The van der Waals surface area contributed by atoms with Crippen molar-refractivity contribution in [2.75, 3.05) is 36.8 Å². The lowest BCUT2D eigenvalue weighted by Gasteiger charge is -2.32. The molecule has 1 amide bonds. The molecule has 0 aliphatic carbocycles. The zero-order valence-corrected chi connectivity index (χ0v) is 28.1. The molecule has 3 aromatic carbocycles. The number of imidazole rings is 1. The molecule has 0 radical (unpaired) electrons. The molecule has 7 rings (SSSR count). The van der Waals surface area contributed by atoms with Gasteiger partial charge in [0.25, 0.3) is 5.91 Å². The van der Waals surface area contributed by atoms with Crippen molar-refractivity contribution in [2.45, 2.75) is 62.8 Å². The Morgan fingerprint density at radius 1 is 0.900 bits per heavy atom. The number of aliphatic hydroxyl groups excluding tert-OH is 2. The maximum absolute atomic E-state index is 12.6. The number of carbonyl (C=O) groups excluding carboxylic acids is 1. The third kappa shape index (κ3) is 7.34. The van der Waals surface area contributed by atoms with Crippen molar-refractivity contribution in [1.29, 1.82) is 0 Å². The van der Waals surface area contributed by atoms with E-state index in [-0.39, 0.29) is 12.0 Å². The molecule has 0 spiro atoms. The van der Waals surface area contributed by atoms with Crippen molar-refractivity contribution in [1.82, 2.24) is 29.7 Å². The van der Waals surface area contributed by atoms with Crippen LogP contribution in [0.1, 0.15) is 48.6 Å². The van der Waals surface area contributed by atoms with Crippen LogP contribution in [0.25, 0.3) is 11.2 Å². The lowest BCUT2D eigenvalue weighted by Crippen LogP contribution is -2.42. The Balaban J connectivity index is 1.17. The number of nitrogens with one attached hydrogen (secondary N) is 3. The van der Waals surface area contributed by atoms with Gasteiger partial charge in [-0.1, -0.05) is 91.0 Å². The monoisotopic (exact) mass is 676 g/mol. The van der Waals surface area contributed by atoms with E-state index >= 15 is 0 Å². The van der Waals surface area contributed by atoms with Gasteiger partial charge in [-0.25, -0.2) is 4.98 Å². The zero-order valence-electron chi connectivity index (χ0n) is 28.1. The van der Waals surface area contributed by atoms with E-state index in [1.807, 2.05) is 42.5 Å². The quantitative estimate of drug-likeness (QED) is 0.132. The number of hydrogen-bond acceptors (Lipinski definition) is 10. The highest BCUT2D eigenvalue weighted by Gasteiger charge is 2.47. The van der Waals surface area contributed by atoms with Gasteiger partial charge in [-0.15, -0.1) is 0 Å². The number of fused-ring (bicyclic) bond motifs is 1. The second-order valence-electron chi connectivity index (χ2n) is 13.0. The van der Waals surface area contributed by atoms with Gasteiger partial charge in [-0.3, -0.25) is 14.3 Å². The molecule has 2 aromatic heterocycles. The number of amides is 1. The minimum Gasteiger partial charge on any atom is -0.387 e. The van der Waals surface area contributed by atoms with Crippen LogP contribution < -0.4 is 16.0 Å². The average molecular weight is 677 g/mol. The topological polar surface area (TPSA) is 150 Å². The molecule has 4 heterocycles. The van der Waals surface area contributed by atoms with E-state index in [0.717, 1.165) is 43.6 Å². The Kier molecular flexibility index (Phi) is 10.3. The van der Waals surface area contributed by atoms with E-state index in [2.05, 4.69) is 74.4 Å². The predicted molar refractivity (Wildman–Crippen MR) is 192 cm³/mol. The highest BCUT2D eigenvalue weighted by Crippen LogP contribution is 2.34. The summed E-state index contributed by atoms with van der Waals surface area (Å²) in [4.78, 5) is 29.6. The van der Waals surface area contributed by atoms with Gasteiger partial charge in [0.05, 0.1) is 6.33 Å². The fraction of sp³-hybridized carbons (Fsp3) is 0.368. The zero-order chi connectivity index (χ0) is 34.5. The van der Waals surface area contributed by atoms with E-state index in [1.54, 1.807) is 11.5 Å². The molecule has 0 bridgehead atoms. The Hall–Kier alpha value is -4.88. The van der Waals surface area contributed by atoms with Crippen molar-refractivity contribution in [2.24, 2.45) is 0 Å². The molecule has 5 aromatic rings. The van der Waals surface area contributed by atoms with E-state index in [4.69, 9.17) is 14.7 Å². The Bertz CT molecular complexity index is 1810. The van der Waals surface area contributed by atoms with E-state index in [0.29, 0.717) is 36.0 Å². The number of carbonyl (C=O) groups is 1. The van der Waals surface area contributed by atoms with Gasteiger partial charge in [-0.05, 0) is 36.5 Å². The second kappa shape index (κ2) is 15.3. The highest BCUT2D eigenvalue weighted by molar-refractivity contribution is 5.85. The Morgan fingerprint density at radius 2 is 1.54 bits per heavy atom. The van der Waals surface area contributed by atoms with Gasteiger partial charge in [0.2, 0.25) is 5.95 Å². The van der Waals surface area contributed by atoms with Crippen LogP contribution in [0.5, 0.6) is 0 Å². The number of aliphatic hydroxyl groups is 2. The van der Waals surface area contributed by atoms with Gasteiger partial charge in [0.1, 0.15) is 12.2 Å². The third-order valence-electron chi connectivity index (χ3n) is 9.59. The maximum Gasteiger partial charge on any atom is 0.252 e. The van der Waals surface area contributed by atoms with Gasteiger partial charge in [-0.2, -0.15) is 9.97 Å². The number of anilines is 2. The third-order valence-corrected chi connectivity index (χ3v) is 9.59. The predicted octanol–water partition coefficient (Wildman–Crippen LogP) is 3.90. The molecule has 4 atom stereocenters. The van der Waals surface area contributed by atoms with Crippen LogP contribution in [0.2, 0.25) is 0 Å². The summed E-state index contributed by atoms with van der Waals surface area (Å²) in [5, 5.41) is 31.6. The first-order valence-electron chi connectivity index (χ1n) is 17.4. The number of aromatic nitrogens is 4. The molecule has 5 N–H and O–H groups in total. The average Bonchev–Trinajstić information content (AvgIpc) is 3.70. The summed E-state index contributed by atoms with van der Waals surface area (Å²) < 4.78 is 7.54. The van der Waals surface area contributed by atoms with Crippen molar-refractivity contribution >= 4 is 28.8 Å². The normalized spacial score (nSPS) is 21.4. The maximum atomic E-state index is 12.6. The fourth-order valence-corrected chi connectivity index (χ4v) is 6.93. The molecular formula is C38H44N8O4. The first-order chi connectivity index (χ1) is 24.5. The Labute approximate surface area is 291 Å². The molecule has 0 unspecified atom stereocenters. The van der Waals surface area contributed by atoms with Gasteiger partial charge in [0, 0.05) is 44.7 Å². The fourth-order valence-electron chi connectivity index (χ4n) is 6.93. The number of piperidine rings is 1. The summed E-state index contributed by atoms with van der Waals surface area (Å²) in [7, 11) is 0. The molecule has 260 valence electrons. The van der Waals surface area contributed by atoms with E-state index in [1.165, 1.54) is 11.9 Å². The van der Waals surface area contributed by atoms with Gasteiger partial charge < -0.3 is 30.9 Å². The van der Waals surface area contributed by atoms with Crippen LogP contribution in [-0.4, -0.2) is 91.1 Å². The summed E-state index contributed by atoms with van der Waals surface area (Å²) >= 11 is 0. The van der Waals surface area contributed by atoms with Crippen molar-refractivity contribution < 1.29 is 19.7 Å². The summed E-state index contributed by atoms with van der Waals surface area (Å²) in [6.07, 6.45) is -1.75. The van der Waals surface area contributed by atoms with Crippen LogP contribution in [-0.2, 0) is 16.1 Å². The van der Waals surface area contributed by atoms with E-state index in [9.17, 15) is 15.0 Å². The molecule has 50 heavy (non-hydrogen) atoms. The molecule has 2 saturated heterocycles. The van der Waals surface area contributed by atoms with Crippen LogP contribution in [0.15, 0.2) is 97.3 Å². The molecule has 0 saturated carbocycles. The van der Waals surface area contributed by atoms with Crippen LogP contribution in [0, 0.1) is 0 Å².